The Morgan fingerprint density at radius 2 is 2.00 bits per heavy atom. The molecule has 0 bridgehead atoms. The summed E-state index contributed by atoms with van der Waals surface area (Å²) in [7, 11) is 0. The number of ketones is 1. The minimum Gasteiger partial charge on any atom is -0.294 e. The molecule has 1 aromatic carbocycles. The number of Topliss-reactive ketones (excluding diaryl/α,β-unsaturated/α-hetero) is 1. The molecule has 1 aliphatic carbocycles. The molecule has 1 aliphatic heterocycles. The van der Waals surface area contributed by atoms with E-state index in [-0.39, 0.29) is 5.92 Å². The lowest BCUT2D eigenvalue weighted by Crippen LogP contribution is -2.31. The molecule has 0 amide bonds. The Morgan fingerprint density at radius 3 is 2.78 bits per heavy atom. The smallest absolute Gasteiger partial charge is 0.168 e. The van der Waals surface area contributed by atoms with Gasteiger partial charge in [-0.05, 0) is 48.5 Å². The van der Waals surface area contributed by atoms with Gasteiger partial charge in [-0.2, -0.15) is 0 Å². The Kier molecular flexibility index (Phi) is 4.06. The first kappa shape index (κ1) is 13.1. The number of halogens is 1. The molecule has 1 saturated heterocycles. The Morgan fingerprint density at radius 1 is 1.22 bits per heavy atom. The molecular formula is C14H15BrOS2. The molecule has 96 valence electrons. The van der Waals surface area contributed by atoms with Crippen molar-refractivity contribution in [2.45, 2.75) is 23.8 Å². The largest absolute Gasteiger partial charge is 0.294 e. The quantitative estimate of drug-likeness (QED) is 0.753. The predicted octanol–water partition coefficient (Wildman–Crippen LogP) is 4.39. The van der Waals surface area contributed by atoms with Gasteiger partial charge in [-0.25, -0.2) is 0 Å². The molecule has 1 atom stereocenters. The molecule has 1 aromatic rings. The van der Waals surface area contributed by atoms with E-state index in [1.807, 2.05) is 35.7 Å². The van der Waals surface area contributed by atoms with Gasteiger partial charge in [-0.3, -0.25) is 4.79 Å². The van der Waals surface area contributed by atoms with Gasteiger partial charge in [0.05, 0.1) is 4.58 Å². The minimum atomic E-state index is 0.224. The van der Waals surface area contributed by atoms with E-state index in [0.717, 1.165) is 22.9 Å². The summed E-state index contributed by atoms with van der Waals surface area (Å²) in [4.78, 5) is 12.6. The zero-order chi connectivity index (χ0) is 12.5. The maximum Gasteiger partial charge on any atom is 0.168 e. The van der Waals surface area contributed by atoms with Crippen LogP contribution in [0.2, 0.25) is 0 Å². The third kappa shape index (κ3) is 2.52. The third-order valence-electron chi connectivity index (χ3n) is 3.58. The summed E-state index contributed by atoms with van der Waals surface area (Å²) in [6.45, 7) is 0. The first-order chi connectivity index (χ1) is 8.75. The maximum absolute atomic E-state index is 12.6. The molecule has 0 N–H and O–H groups in total. The number of aryl methyl sites for hydroxylation is 1. The van der Waals surface area contributed by atoms with Crippen LogP contribution in [-0.2, 0) is 6.42 Å². The van der Waals surface area contributed by atoms with Crippen LogP contribution in [0.1, 0.15) is 28.8 Å². The van der Waals surface area contributed by atoms with Crippen molar-refractivity contribution in [1.29, 1.82) is 0 Å². The van der Waals surface area contributed by atoms with Crippen LogP contribution in [0.25, 0.3) is 0 Å². The monoisotopic (exact) mass is 342 g/mol. The molecule has 0 radical (unpaired) electrons. The van der Waals surface area contributed by atoms with Gasteiger partial charge in [0.1, 0.15) is 0 Å². The third-order valence-corrected chi connectivity index (χ3v) is 7.25. The highest BCUT2D eigenvalue weighted by Gasteiger charge is 2.35. The lowest BCUT2D eigenvalue weighted by atomic mass is 9.83. The van der Waals surface area contributed by atoms with Gasteiger partial charge in [-0.1, -0.05) is 22.0 Å². The topological polar surface area (TPSA) is 17.1 Å². The number of hydrogen-bond acceptors (Lipinski definition) is 3. The fourth-order valence-corrected chi connectivity index (χ4v) is 6.21. The minimum absolute atomic E-state index is 0.224. The normalized spacial score (nSPS) is 24.9. The molecule has 0 unspecified atom stereocenters. The summed E-state index contributed by atoms with van der Waals surface area (Å²) in [6.07, 6.45) is 3.36. The molecule has 3 rings (SSSR count). The molecule has 1 heterocycles. The van der Waals surface area contributed by atoms with E-state index in [1.54, 1.807) is 0 Å². The zero-order valence-corrected chi connectivity index (χ0v) is 13.2. The summed E-state index contributed by atoms with van der Waals surface area (Å²) in [5.74, 6) is 3.02. The second-order valence-electron chi connectivity index (χ2n) is 4.77. The first-order valence-corrected chi connectivity index (χ1v) is 9.20. The van der Waals surface area contributed by atoms with Gasteiger partial charge in [0, 0.05) is 16.0 Å². The molecule has 0 aromatic heterocycles. The van der Waals surface area contributed by atoms with Gasteiger partial charge in [0.15, 0.2) is 5.78 Å². The number of benzene rings is 1. The van der Waals surface area contributed by atoms with E-state index in [2.05, 4.69) is 22.0 Å². The van der Waals surface area contributed by atoms with Gasteiger partial charge < -0.3 is 0 Å². The Balaban J connectivity index is 1.86. The molecule has 0 spiro atoms. The number of carbonyl (C=O) groups is 1. The number of rotatable bonds is 1. The summed E-state index contributed by atoms with van der Waals surface area (Å²) in [6, 6.07) is 6.13. The lowest BCUT2D eigenvalue weighted by molar-refractivity contribution is 0.0912. The van der Waals surface area contributed by atoms with Crippen molar-refractivity contribution >= 4 is 45.2 Å². The van der Waals surface area contributed by atoms with Crippen molar-refractivity contribution in [2.24, 2.45) is 5.92 Å². The van der Waals surface area contributed by atoms with Gasteiger partial charge in [0.2, 0.25) is 0 Å². The highest BCUT2D eigenvalue weighted by atomic mass is 79.9. The Labute approximate surface area is 125 Å². The van der Waals surface area contributed by atoms with Gasteiger partial charge >= 0.3 is 0 Å². The first-order valence-electron chi connectivity index (χ1n) is 6.31. The van der Waals surface area contributed by atoms with Crippen LogP contribution >= 0.6 is 39.5 Å². The van der Waals surface area contributed by atoms with Crippen molar-refractivity contribution in [3.63, 3.8) is 0 Å². The van der Waals surface area contributed by atoms with Crippen LogP contribution in [0.5, 0.6) is 0 Å². The predicted molar refractivity (Wildman–Crippen MR) is 83.6 cm³/mol. The Hall–Kier alpha value is 0.0700. The molecule has 0 saturated carbocycles. The number of hydrogen-bond donors (Lipinski definition) is 0. The SMILES string of the molecule is O=C1c2cc(Br)ccc2CC[C@H]1C1SCCCS1. The van der Waals surface area contributed by atoms with Crippen LogP contribution in [0.4, 0.5) is 0 Å². The Bertz CT molecular complexity index is 469. The standard InChI is InChI=1S/C14H15BrOS2/c15-10-4-2-9-3-5-11(13(16)12(9)8-10)14-17-6-1-7-18-14/h2,4,8,11,14H,1,3,5-7H2/t11-/m1/s1. The zero-order valence-electron chi connectivity index (χ0n) is 10.0. The van der Waals surface area contributed by atoms with Crippen molar-refractivity contribution in [3.8, 4) is 0 Å². The van der Waals surface area contributed by atoms with E-state index >= 15 is 0 Å². The van der Waals surface area contributed by atoms with Gasteiger partial charge in [0.25, 0.3) is 0 Å². The van der Waals surface area contributed by atoms with Crippen LogP contribution < -0.4 is 0 Å². The lowest BCUT2D eigenvalue weighted by Gasteiger charge is -2.31. The molecular weight excluding hydrogens is 328 g/mol. The van der Waals surface area contributed by atoms with E-state index in [9.17, 15) is 4.79 Å². The molecule has 4 heteroatoms. The van der Waals surface area contributed by atoms with E-state index in [0.29, 0.717) is 10.4 Å². The molecule has 1 nitrogen and oxygen atoms in total. The van der Waals surface area contributed by atoms with Crippen LogP contribution in [-0.4, -0.2) is 21.9 Å². The van der Waals surface area contributed by atoms with Crippen molar-refractivity contribution in [2.75, 3.05) is 11.5 Å². The van der Waals surface area contributed by atoms with E-state index in [4.69, 9.17) is 0 Å². The summed E-state index contributed by atoms with van der Waals surface area (Å²) >= 11 is 7.44. The molecule has 2 aliphatic rings. The highest BCUT2D eigenvalue weighted by molar-refractivity contribution is 9.10. The summed E-state index contributed by atoms with van der Waals surface area (Å²) in [5, 5.41) is 0. The number of carbonyl (C=O) groups excluding carboxylic acids is 1. The molecule has 1 fully saturated rings. The van der Waals surface area contributed by atoms with E-state index in [1.165, 1.54) is 23.5 Å². The van der Waals surface area contributed by atoms with Crippen LogP contribution in [0.15, 0.2) is 22.7 Å². The van der Waals surface area contributed by atoms with Gasteiger partial charge in [-0.15, -0.1) is 23.5 Å². The second kappa shape index (κ2) is 5.59. The van der Waals surface area contributed by atoms with Crippen LogP contribution in [0.3, 0.4) is 0 Å². The number of fused-ring (bicyclic) bond motifs is 1. The number of thioether (sulfide) groups is 2. The highest BCUT2D eigenvalue weighted by Crippen LogP contribution is 2.41. The summed E-state index contributed by atoms with van der Waals surface area (Å²) in [5.41, 5.74) is 2.18. The van der Waals surface area contributed by atoms with E-state index < -0.39 is 0 Å². The fraction of sp³-hybridized carbons (Fsp3) is 0.500. The fourth-order valence-electron chi connectivity index (χ4n) is 2.64. The average Bonchev–Trinajstić information content (AvgIpc) is 2.41. The maximum atomic E-state index is 12.6. The summed E-state index contributed by atoms with van der Waals surface area (Å²) < 4.78 is 1.50. The van der Waals surface area contributed by atoms with Crippen LogP contribution in [0, 0.1) is 5.92 Å². The molecule has 18 heavy (non-hydrogen) atoms. The second-order valence-corrected chi connectivity index (χ2v) is 8.49. The van der Waals surface area contributed by atoms with Crippen molar-refractivity contribution in [3.05, 3.63) is 33.8 Å². The van der Waals surface area contributed by atoms with Crippen molar-refractivity contribution < 1.29 is 4.79 Å². The van der Waals surface area contributed by atoms with Crippen molar-refractivity contribution in [1.82, 2.24) is 0 Å². The average molecular weight is 343 g/mol.